The Kier molecular flexibility index (Phi) is 5.62. The van der Waals surface area contributed by atoms with Crippen LogP contribution in [0.4, 0.5) is 11.4 Å². The van der Waals surface area contributed by atoms with E-state index in [1.165, 1.54) is 19.2 Å². The summed E-state index contributed by atoms with van der Waals surface area (Å²) in [7, 11) is 1.53. The molecule has 1 atom stereocenters. The zero-order valence-electron chi connectivity index (χ0n) is 11.8. The van der Waals surface area contributed by atoms with E-state index in [0.717, 1.165) is 6.07 Å². The average Bonchev–Trinajstić information content (AvgIpc) is 2.42. The number of rotatable bonds is 8. The number of hydrogen-bond donors (Lipinski definition) is 3. The van der Waals surface area contributed by atoms with Crippen LogP contribution in [0.15, 0.2) is 18.2 Å². The number of nitro groups is 1. The number of ether oxygens (including phenoxy) is 1. The lowest BCUT2D eigenvalue weighted by Gasteiger charge is -2.23. The van der Waals surface area contributed by atoms with Crippen molar-refractivity contribution < 1.29 is 24.7 Å². The summed E-state index contributed by atoms with van der Waals surface area (Å²) in [4.78, 5) is 21.0. The molecule has 1 unspecified atom stereocenters. The monoisotopic (exact) mass is 298 g/mol. The number of anilines is 1. The van der Waals surface area contributed by atoms with E-state index in [-0.39, 0.29) is 6.54 Å². The lowest BCUT2D eigenvalue weighted by atomic mass is 10.0. The fourth-order valence-corrected chi connectivity index (χ4v) is 1.68. The summed E-state index contributed by atoms with van der Waals surface area (Å²) in [5.41, 5.74) is -1.53. The Morgan fingerprint density at radius 1 is 1.52 bits per heavy atom. The number of carboxylic acid groups (broad SMARTS) is 1. The van der Waals surface area contributed by atoms with Crippen LogP contribution >= 0.6 is 0 Å². The third kappa shape index (κ3) is 5.01. The number of aromatic carboxylic acids is 1. The minimum atomic E-state index is -1.38. The van der Waals surface area contributed by atoms with Crippen LogP contribution in [0.2, 0.25) is 0 Å². The van der Waals surface area contributed by atoms with Gasteiger partial charge in [0.2, 0.25) is 0 Å². The van der Waals surface area contributed by atoms with Gasteiger partial charge in [-0.15, -0.1) is 0 Å². The normalized spacial score (nSPS) is 13.5. The number of methoxy groups -OCH3 is 1. The van der Waals surface area contributed by atoms with Crippen molar-refractivity contribution in [1.29, 1.82) is 0 Å². The summed E-state index contributed by atoms with van der Waals surface area (Å²) in [6.45, 7) is 2.16. The predicted octanol–water partition coefficient (Wildman–Crippen LogP) is 1.49. The van der Waals surface area contributed by atoms with Gasteiger partial charge in [0.15, 0.2) is 0 Å². The van der Waals surface area contributed by atoms with Crippen molar-refractivity contribution >= 4 is 17.3 Å². The van der Waals surface area contributed by atoms with Crippen LogP contribution < -0.4 is 5.32 Å². The minimum Gasteiger partial charge on any atom is -0.477 e. The summed E-state index contributed by atoms with van der Waals surface area (Å²) < 4.78 is 4.88. The molecule has 0 fully saturated rings. The van der Waals surface area contributed by atoms with Crippen molar-refractivity contribution in [3.63, 3.8) is 0 Å². The highest BCUT2D eigenvalue weighted by molar-refractivity contribution is 5.93. The fraction of sp³-hybridized carbons (Fsp3) is 0.462. The molecule has 1 rings (SSSR count). The van der Waals surface area contributed by atoms with E-state index in [9.17, 15) is 20.0 Å². The first-order valence-electron chi connectivity index (χ1n) is 6.24. The Balaban J connectivity index is 2.83. The zero-order chi connectivity index (χ0) is 16.0. The molecule has 0 radical (unpaired) electrons. The molecule has 21 heavy (non-hydrogen) atoms. The molecule has 0 amide bonds. The van der Waals surface area contributed by atoms with E-state index in [1.54, 1.807) is 6.92 Å². The zero-order valence-corrected chi connectivity index (χ0v) is 11.8. The van der Waals surface area contributed by atoms with Crippen molar-refractivity contribution in [2.45, 2.75) is 18.9 Å². The third-order valence-corrected chi connectivity index (χ3v) is 2.94. The Morgan fingerprint density at radius 3 is 2.71 bits per heavy atom. The topological polar surface area (TPSA) is 122 Å². The largest absolute Gasteiger partial charge is 0.477 e. The molecule has 0 aromatic heterocycles. The van der Waals surface area contributed by atoms with Gasteiger partial charge in [-0.2, -0.15) is 0 Å². The van der Waals surface area contributed by atoms with Gasteiger partial charge >= 0.3 is 5.97 Å². The number of aliphatic hydroxyl groups is 1. The Labute approximate surface area is 121 Å². The first-order valence-corrected chi connectivity index (χ1v) is 6.24. The Hall–Kier alpha value is -2.19. The first-order chi connectivity index (χ1) is 9.76. The van der Waals surface area contributed by atoms with Gasteiger partial charge in [-0.05, 0) is 19.1 Å². The van der Waals surface area contributed by atoms with E-state index < -0.39 is 27.7 Å². The van der Waals surface area contributed by atoms with Gasteiger partial charge in [-0.1, -0.05) is 0 Å². The van der Waals surface area contributed by atoms with Crippen LogP contribution in [0.3, 0.4) is 0 Å². The highest BCUT2D eigenvalue weighted by atomic mass is 16.6. The number of nitrogens with zero attached hydrogens (tertiary/aromatic N) is 1. The highest BCUT2D eigenvalue weighted by Crippen LogP contribution is 2.23. The van der Waals surface area contributed by atoms with Gasteiger partial charge in [-0.25, -0.2) is 4.79 Å². The van der Waals surface area contributed by atoms with Crippen LogP contribution in [0.5, 0.6) is 0 Å². The maximum absolute atomic E-state index is 11.0. The lowest BCUT2D eigenvalue weighted by Crippen LogP contribution is -2.34. The standard InChI is InChI=1S/C13H18N2O6/c1-13(18,5-6-21-2)8-14-9-3-4-11(15(19)20)10(7-9)12(16)17/h3-4,7,14,18H,5-6,8H2,1-2H3,(H,16,17). The van der Waals surface area contributed by atoms with E-state index in [4.69, 9.17) is 9.84 Å². The molecular formula is C13H18N2O6. The number of benzene rings is 1. The molecule has 0 aliphatic carbocycles. The second-order valence-electron chi connectivity index (χ2n) is 4.89. The smallest absolute Gasteiger partial charge is 0.342 e. The summed E-state index contributed by atoms with van der Waals surface area (Å²) >= 11 is 0. The highest BCUT2D eigenvalue weighted by Gasteiger charge is 2.22. The summed E-state index contributed by atoms with van der Waals surface area (Å²) in [5, 5.41) is 32.7. The van der Waals surface area contributed by atoms with Gasteiger partial charge in [0, 0.05) is 38.4 Å². The van der Waals surface area contributed by atoms with Crippen molar-refractivity contribution in [3.8, 4) is 0 Å². The van der Waals surface area contributed by atoms with Crippen LogP contribution in [0.25, 0.3) is 0 Å². The third-order valence-electron chi connectivity index (χ3n) is 2.94. The lowest BCUT2D eigenvalue weighted by molar-refractivity contribution is -0.385. The van der Waals surface area contributed by atoms with E-state index in [2.05, 4.69) is 5.32 Å². The summed E-state index contributed by atoms with van der Waals surface area (Å²) in [6, 6.07) is 3.69. The molecule has 0 aliphatic rings. The maximum atomic E-state index is 11.0. The minimum absolute atomic E-state index is 0.160. The van der Waals surface area contributed by atoms with Crippen LogP contribution in [0.1, 0.15) is 23.7 Å². The van der Waals surface area contributed by atoms with Gasteiger partial charge < -0.3 is 20.3 Å². The van der Waals surface area contributed by atoms with E-state index in [0.29, 0.717) is 18.7 Å². The Morgan fingerprint density at radius 2 is 2.19 bits per heavy atom. The molecule has 116 valence electrons. The molecule has 0 aliphatic heterocycles. The van der Waals surface area contributed by atoms with Crippen molar-refractivity contribution in [3.05, 3.63) is 33.9 Å². The molecule has 0 saturated carbocycles. The SMILES string of the molecule is COCCC(C)(O)CNc1ccc([N+](=O)[O-])c(C(=O)O)c1. The van der Waals surface area contributed by atoms with E-state index in [1.807, 2.05) is 0 Å². The molecule has 1 aromatic rings. The second-order valence-corrected chi connectivity index (χ2v) is 4.89. The number of hydrogen-bond acceptors (Lipinski definition) is 6. The van der Waals surface area contributed by atoms with Gasteiger partial charge in [-0.3, -0.25) is 10.1 Å². The van der Waals surface area contributed by atoms with Crippen molar-refractivity contribution in [1.82, 2.24) is 0 Å². The number of carboxylic acids is 1. The molecule has 0 spiro atoms. The fourth-order valence-electron chi connectivity index (χ4n) is 1.68. The number of nitrogens with one attached hydrogen (secondary N) is 1. The molecule has 0 heterocycles. The number of carbonyl (C=O) groups is 1. The van der Waals surface area contributed by atoms with Crippen LogP contribution in [-0.4, -0.2) is 47.0 Å². The van der Waals surface area contributed by atoms with Crippen LogP contribution in [-0.2, 0) is 4.74 Å². The van der Waals surface area contributed by atoms with Crippen molar-refractivity contribution in [2.24, 2.45) is 0 Å². The van der Waals surface area contributed by atoms with Crippen molar-refractivity contribution in [2.75, 3.05) is 25.6 Å². The molecule has 8 heteroatoms. The molecular weight excluding hydrogens is 280 g/mol. The summed E-state index contributed by atoms with van der Waals surface area (Å²) in [5.74, 6) is -1.38. The molecule has 8 nitrogen and oxygen atoms in total. The average molecular weight is 298 g/mol. The molecule has 0 bridgehead atoms. The maximum Gasteiger partial charge on any atom is 0.342 e. The van der Waals surface area contributed by atoms with Gasteiger partial charge in [0.05, 0.1) is 10.5 Å². The van der Waals surface area contributed by atoms with Gasteiger partial charge in [0.1, 0.15) is 5.56 Å². The summed E-state index contributed by atoms with van der Waals surface area (Å²) in [6.07, 6.45) is 0.398. The quantitative estimate of drug-likeness (QED) is 0.491. The predicted molar refractivity (Wildman–Crippen MR) is 75.7 cm³/mol. The van der Waals surface area contributed by atoms with Gasteiger partial charge in [0.25, 0.3) is 5.69 Å². The second kappa shape index (κ2) is 7.00. The van der Waals surface area contributed by atoms with Crippen LogP contribution in [0, 0.1) is 10.1 Å². The number of nitro benzene ring substituents is 1. The molecule has 0 saturated heterocycles. The molecule has 3 N–H and O–H groups in total. The molecule has 1 aromatic carbocycles. The first kappa shape index (κ1) is 16.9. The van der Waals surface area contributed by atoms with E-state index >= 15 is 0 Å². The Bertz CT molecular complexity index is 529.